The van der Waals surface area contributed by atoms with Gasteiger partial charge in [0.2, 0.25) is 0 Å². The van der Waals surface area contributed by atoms with E-state index in [9.17, 15) is 4.79 Å². The van der Waals surface area contributed by atoms with E-state index in [-0.39, 0.29) is 5.63 Å². The third-order valence-electron chi connectivity index (χ3n) is 3.86. The molecule has 0 aliphatic carbocycles. The summed E-state index contributed by atoms with van der Waals surface area (Å²) in [5.74, 6) is 6.82. The molecule has 1 saturated heterocycles. The summed E-state index contributed by atoms with van der Waals surface area (Å²) >= 11 is 0. The van der Waals surface area contributed by atoms with Crippen LogP contribution in [-0.2, 0) is 0 Å². The molecule has 3 rings (SSSR count). The van der Waals surface area contributed by atoms with Gasteiger partial charge >= 0.3 is 5.63 Å². The molecule has 22 heavy (non-hydrogen) atoms. The van der Waals surface area contributed by atoms with Gasteiger partial charge in [-0.2, -0.15) is 0 Å². The monoisotopic (exact) mass is 297 g/mol. The molecule has 2 heterocycles. The van der Waals surface area contributed by atoms with Crippen molar-refractivity contribution in [1.82, 2.24) is 4.90 Å². The molecule has 1 aromatic carbocycles. The van der Waals surface area contributed by atoms with Crippen molar-refractivity contribution in [3.63, 3.8) is 0 Å². The first-order valence-corrected chi connectivity index (χ1v) is 7.58. The smallest absolute Gasteiger partial charge is 0.336 e. The van der Waals surface area contributed by atoms with Gasteiger partial charge in [0.25, 0.3) is 0 Å². The van der Waals surface area contributed by atoms with E-state index in [4.69, 9.17) is 9.15 Å². The lowest BCUT2D eigenvalue weighted by molar-refractivity contribution is 0.367. The number of fused-ring (bicyclic) bond motifs is 1. The zero-order chi connectivity index (χ0) is 15.4. The van der Waals surface area contributed by atoms with E-state index in [1.165, 1.54) is 18.9 Å². The van der Waals surface area contributed by atoms with E-state index >= 15 is 0 Å². The van der Waals surface area contributed by atoms with Crippen molar-refractivity contribution in [2.24, 2.45) is 0 Å². The zero-order valence-electron chi connectivity index (χ0n) is 12.7. The number of likely N-dealkylation sites (tertiary alicyclic amines) is 1. The van der Waals surface area contributed by atoms with Crippen LogP contribution in [0.5, 0.6) is 5.75 Å². The van der Waals surface area contributed by atoms with Crippen molar-refractivity contribution in [1.29, 1.82) is 0 Å². The minimum Gasteiger partial charge on any atom is -0.481 e. The summed E-state index contributed by atoms with van der Waals surface area (Å²) in [7, 11) is 0. The van der Waals surface area contributed by atoms with Gasteiger partial charge in [-0.3, -0.25) is 4.90 Å². The molecule has 0 amide bonds. The first-order chi connectivity index (χ1) is 10.7. The molecule has 114 valence electrons. The topological polar surface area (TPSA) is 42.7 Å². The van der Waals surface area contributed by atoms with Crippen LogP contribution in [0.25, 0.3) is 11.0 Å². The zero-order valence-corrected chi connectivity index (χ0v) is 12.7. The van der Waals surface area contributed by atoms with E-state index in [1.807, 2.05) is 19.1 Å². The van der Waals surface area contributed by atoms with Crippen LogP contribution in [0.15, 0.2) is 33.5 Å². The van der Waals surface area contributed by atoms with E-state index in [1.54, 1.807) is 6.07 Å². The van der Waals surface area contributed by atoms with Gasteiger partial charge < -0.3 is 9.15 Å². The number of aryl methyl sites for hydroxylation is 1. The average Bonchev–Trinajstić information content (AvgIpc) is 2.99. The Hall–Kier alpha value is -2.25. The largest absolute Gasteiger partial charge is 0.481 e. The lowest BCUT2D eigenvalue weighted by atomic mass is 10.1. The summed E-state index contributed by atoms with van der Waals surface area (Å²) in [6, 6.07) is 7.01. The first-order valence-electron chi connectivity index (χ1n) is 7.58. The van der Waals surface area contributed by atoms with Gasteiger partial charge in [-0.15, -0.1) is 0 Å². The lowest BCUT2D eigenvalue weighted by Crippen LogP contribution is -2.19. The van der Waals surface area contributed by atoms with Crippen molar-refractivity contribution in [3.8, 4) is 17.6 Å². The Kier molecular flexibility index (Phi) is 4.45. The van der Waals surface area contributed by atoms with Crippen molar-refractivity contribution in [3.05, 3.63) is 40.2 Å². The summed E-state index contributed by atoms with van der Waals surface area (Å²) < 4.78 is 10.8. The van der Waals surface area contributed by atoms with Crippen LogP contribution in [0.1, 0.15) is 18.4 Å². The Bertz CT molecular complexity index is 776. The van der Waals surface area contributed by atoms with Crippen molar-refractivity contribution >= 4 is 11.0 Å². The van der Waals surface area contributed by atoms with Crippen LogP contribution in [0, 0.1) is 18.8 Å². The average molecular weight is 297 g/mol. The second-order valence-corrected chi connectivity index (χ2v) is 5.53. The highest BCUT2D eigenvalue weighted by atomic mass is 16.5. The second kappa shape index (κ2) is 6.67. The number of nitrogens with zero attached hydrogens (tertiary/aromatic N) is 1. The predicted octanol–water partition coefficient (Wildman–Crippen LogP) is 2.58. The van der Waals surface area contributed by atoms with E-state index in [0.29, 0.717) is 17.9 Å². The number of hydrogen-bond acceptors (Lipinski definition) is 4. The molecule has 0 saturated carbocycles. The summed E-state index contributed by atoms with van der Waals surface area (Å²) in [4.78, 5) is 13.8. The second-order valence-electron chi connectivity index (χ2n) is 5.53. The quantitative estimate of drug-likeness (QED) is 0.645. The van der Waals surface area contributed by atoms with Crippen LogP contribution in [0.2, 0.25) is 0 Å². The van der Waals surface area contributed by atoms with Crippen LogP contribution < -0.4 is 10.4 Å². The maximum Gasteiger partial charge on any atom is 0.336 e. The van der Waals surface area contributed by atoms with Gasteiger partial charge in [-0.1, -0.05) is 11.8 Å². The van der Waals surface area contributed by atoms with E-state index in [2.05, 4.69) is 16.7 Å². The van der Waals surface area contributed by atoms with Gasteiger partial charge in [0.15, 0.2) is 0 Å². The van der Waals surface area contributed by atoms with Gasteiger partial charge in [0.1, 0.15) is 17.9 Å². The van der Waals surface area contributed by atoms with Crippen LogP contribution in [-0.4, -0.2) is 31.1 Å². The molecule has 1 aromatic heterocycles. The third-order valence-corrected chi connectivity index (χ3v) is 3.86. The fourth-order valence-corrected chi connectivity index (χ4v) is 2.67. The Balaban J connectivity index is 1.62. The molecule has 0 spiro atoms. The fourth-order valence-electron chi connectivity index (χ4n) is 2.67. The number of benzene rings is 1. The molecule has 0 unspecified atom stereocenters. The number of ether oxygens (including phenoxy) is 1. The van der Waals surface area contributed by atoms with Gasteiger partial charge in [-0.05, 0) is 50.6 Å². The van der Waals surface area contributed by atoms with Crippen LogP contribution in [0.3, 0.4) is 0 Å². The number of hydrogen-bond donors (Lipinski definition) is 0. The summed E-state index contributed by atoms with van der Waals surface area (Å²) in [5.41, 5.74) is 1.11. The molecule has 1 aliphatic rings. The standard InChI is InChI=1S/C18H19NO3/c1-14-12-18(20)22-17-13-15(6-7-16(14)17)21-11-5-4-10-19-8-2-3-9-19/h6-7,12-13H,2-3,8-11H2,1H3. The van der Waals surface area contributed by atoms with Crippen molar-refractivity contribution < 1.29 is 9.15 Å². The van der Waals surface area contributed by atoms with Gasteiger partial charge in [-0.25, -0.2) is 4.79 Å². The molecule has 0 bridgehead atoms. The molecule has 4 heteroatoms. The normalized spacial score (nSPS) is 14.8. The molecule has 0 N–H and O–H groups in total. The summed E-state index contributed by atoms with van der Waals surface area (Å²) in [5, 5.41) is 0.923. The summed E-state index contributed by atoms with van der Waals surface area (Å²) in [6.07, 6.45) is 2.56. The summed E-state index contributed by atoms with van der Waals surface area (Å²) in [6.45, 7) is 5.35. The van der Waals surface area contributed by atoms with Crippen molar-refractivity contribution in [2.45, 2.75) is 19.8 Å². The molecule has 4 nitrogen and oxygen atoms in total. The fraction of sp³-hybridized carbons (Fsp3) is 0.389. The minimum absolute atomic E-state index is 0.340. The maximum atomic E-state index is 11.4. The molecule has 0 atom stereocenters. The lowest BCUT2D eigenvalue weighted by Gasteiger charge is -2.08. The van der Waals surface area contributed by atoms with E-state index in [0.717, 1.165) is 30.6 Å². The van der Waals surface area contributed by atoms with Crippen LogP contribution >= 0.6 is 0 Å². The molecule has 1 fully saturated rings. The highest BCUT2D eigenvalue weighted by Gasteiger charge is 2.08. The Morgan fingerprint density at radius 3 is 2.86 bits per heavy atom. The Labute approximate surface area is 129 Å². The third kappa shape index (κ3) is 3.49. The predicted molar refractivity (Wildman–Crippen MR) is 86.2 cm³/mol. The molecular weight excluding hydrogens is 278 g/mol. The SMILES string of the molecule is Cc1cc(=O)oc2cc(OCC#CCN3CCCC3)ccc12. The van der Waals surface area contributed by atoms with E-state index < -0.39 is 0 Å². The van der Waals surface area contributed by atoms with Gasteiger partial charge in [0, 0.05) is 17.5 Å². The minimum atomic E-state index is -0.340. The molecule has 0 radical (unpaired) electrons. The maximum absolute atomic E-state index is 11.4. The first kappa shape index (κ1) is 14.7. The highest BCUT2D eigenvalue weighted by Crippen LogP contribution is 2.22. The molecular formula is C18H19NO3. The Morgan fingerprint density at radius 2 is 2.05 bits per heavy atom. The van der Waals surface area contributed by atoms with Crippen LogP contribution in [0.4, 0.5) is 0 Å². The Morgan fingerprint density at radius 1 is 1.23 bits per heavy atom. The molecule has 2 aromatic rings. The molecule has 1 aliphatic heterocycles. The number of rotatable bonds is 3. The highest BCUT2D eigenvalue weighted by molar-refractivity contribution is 5.81. The van der Waals surface area contributed by atoms with Crippen molar-refractivity contribution in [2.75, 3.05) is 26.2 Å². The van der Waals surface area contributed by atoms with Gasteiger partial charge in [0.05, 0.1) is 6.54 Å².